The standard InChI is InChI=1S/C20H28N4O10/c1-9(26)16(24-17(30)12(21)8-25)19(32)22-13(6-10-2-4-11(27)5-3-10)18(31)23-14(20(33)34)7-15(28)29/h2-5,9,12-14,16,25-27H,6-8,21H2,1H3,(H,22,32)(H,23,31)(H,24,30)(H,28,29)(H,33,34). The van der Waals surface area contributed by atoms with Crippen molar-refractivity contribution in [3.05, 3.63) is 29.8 Å². The topological polar surface area (TPSA) is 249 Å². The van der Waals surface area contributed by atoms with Crippen molar-refractivity contribution in [3.63, 3.8) is 0 Å². The second kappa shape index (κ2) is 13.1. The summed E-state index contributed by atoms with van der Waals surface area (Å²) in [5.74, 6) is -6.19. The van der Waals surface area contributed by atoms with Crippen LogP contribution in [0.5, 0.6) is 5.75 Å². The van der Waals surface area contributed by atoms with Gasteiger partial charge < -0.3 is 47.2 Å². The van der Waals surface area contributed by atoms with E-state index in [2.05, 4.69) is 10.6 Å². The maximum Gasteiger partial charge on any atom is 0.326 e. The maximum absolute atomic E-state index is 12.8. The van der Waals surface area contributed by atoms with Gasteiger partial charge in [0.25, 0.3) is 0 Å². The van der Waals surface area contributed by atoms with Crippen molar-refractivity contribution in [2.45, 2.75) is 50.0 Å². The lowest BCUT2D eigenvalue weighted by atomic mass is 10.0. The monoisotopic (exact) mass is 484 g/mol. The van der Waals surface area contributed by atoms with Gasteiger partial charge in [-0.15, -0.1) is 0 Å². The van der Waals surface area contributed by atoms with Crippen LogP contribution in [-0.4, -0.2) is 92.1 Å². The first-order valence-corrected chi connectivity index (χ1v) is 10.0. The number of aliphatic hydroxyl groups is 2. The highest BCUT2D eigenvalue weighted by Gasteiger charge is 2.33. The van der Waals surface area contributed by atoms with Crippen molar-refractivity contribution in [2.75, 3.05) is 6.61 Å². The second-order valence-electron chi connectivity index (χ2n) is 7.44. The Labute approximate surface area is 193 Å². The summed E-state index contributed by atoms with van der Waals surface area (Å²) in [6, 6.07) is -0.732. The van der Waals surface area contributed by atoms with E-state index in [1.807, 2.05) is 5.32 Å². The van der Waals surface area contributed by atoms with E-state index >= 15 is 0 Å². The molecule has 0 aliphatic heterocycles. The fraction of sp³-hybridized carbons (Fsp3) is 0.450. The lowest BCUT2D eigenvalue weighted by Gasteiger charge is -2.26. The van der Waals surface area contributed by atoms with Crippen LogP contribution in [-0.2, 0) is 30.4 Å². The Bertz CT molecular complexity index is 890. The fourth-order valence-corrected chi connectivity index (χ4v) is 2.73. The van der Waals surface area contributed by atoms with Crippen LogP contribution in [0.15, 0.2) is 24.3 Å². The van der Waals surface area contributed by atoms with Crippen molar-refractivity contribution < 1.29 is 49.5 Å². The third-order valence-corrected chi connectivity index (χ3v) is 4.60. The van der Waals surface area contributed by atoms with E-state index in [0.717, 1.165) is 0 Å². The van der Waals surface area contributed by atoms with E-state index in [-0.39, 0.29) is 12.2 Å². The van der Waals surface area contributed by atoms with E-state index < -0.39 is 73.0 Å². The van der Waals surface area contributed by atoms with Crippen LogP contribution >= 0.6 is 0 Å². The van der Waals surface area contributed by atoms with E-state index in [4.69, 9.17) is 15.9 Å². The number of phenols is 1. The summed E-state index contributed by atoms with van der Waals surface area (Å²) in [7, 11) is 0. The normalized spacial score (nSPS) is 15.2. The zero-order valence-corrected chi connectivity index (χ0v) is 18.2. The molecule has 0 radical (unpaired) electrons. The lowest BCUT2D eigenvalue weighted by molar-refractivity contribution is -0.147. The molecule has 0 spiro atoms. The van der Waals surface area contributed by atoms with E-state index in [1.54, 1.807) is 0 Å². The first-order chi connectivity index (χ1) is 15.8. The molecular weight excluding hydrogens is 456 g/mol. The van der Waals surface area contributed by atoms with Gasteiger partial charge in [-0.1, -0.05) is 12.1 Å². The quantitative estimate of drug-likeness (QED) is 0.134. The average Bonchev–Trinajstić information content (AvgIpc) is 2.76. The second-order valence-corrected chi connectivity index (χ2v) is 7.44. The third-order valence-electron chi connectivity index (χ3n) is 4.60. The highest BCUT2D eigenvalue weighted by atomic mass is 16.4. The van der Waals surface area contributed by atoms with Crippen LogP contribution in [0, 0.1) is 0 Å². The highest BCUT2D eigenvalue weighted by Crippen LogP contribution is 2.12. The number of phenolic OH excluding ortho intramolecular Hbond substituents is 1. The number of benzene rings is 1. The Hall–Kier alpha value is -3.75. The van der Waals surface area contributed by atoms with Crippen molar-refractivity contribution in [1.29, 1.82) is 0 Å². The number of rotatable bonds is 13. The van der Waals surface area contributed by atoms with Gasteiger partial charge >= 0.3 is 11.9 Å². The predicted octanol–water partition coefficient (Wildman–Crippen LogP) is -3.35. The molecule has 10 N–H and O–H groups in total. The van der Waals surface area contributed by atoms with Crippen LogP contribution in [0.25, 0.3) is 0 Å². The smallest absolute Gasteiger partial charge is 0.326 e. The molecule has 0 bridgehead atoms. The van der Waals surface area contributed by atoms with Gasteiger partial charge in [0, 0.05) is 6.42 Å². The van der Waals surface area contributed by atoms with E-state index in [1.165, 1.54) is 31.2 Å². The predicted molar refractivity (Wildman–Crippen MR) is 114 cm³/mol. The molecule has 188 valence electrons. The Kier molecular flexibility index (Phi) is 10.9. The number of hydrogen-bond acceptors (Lipinski definition) is 9. The molecule has 14 nitrogen and oxygen atoms in total. The molecule has 5 unspecified atom stereocenters. The molecule has 1 aromatic carbocycles. The molecule has 0 aliphatic rings. The zero-order valence-electron chi connectivity index (χ0n) is 18.2. The first-order valence-electron chi connectivity index (χ1n) is 10.0. The molecule has 0 heterocycles. The minimum Gasteiger partial charge on any atom is -0.508 e. The van der Waals surface area contributed by atoms with Crippen LogP contribution in [0.4, 0.5) is 0 Å². The average molecular weight is 484 g/mol. The number of carboxylic acids is 2. The number of amides is 3. The molecule has 3 amide bonds. The summed E-state index contributed by atoms with van der Waals surface area (Å²) < 4.78 is 0. The van der Waals surface area contributed by atoms with Gasteiger partial charge in [-0.25, -0.2) is 4.79 Å². The van der Waals surface area contributed by atoms with Gasteiger partial charge in [0.2, 0.25) is 17.7 Å². The minimum atomic E-state index is -1.79. The van der Waals surface area contributed by atoms with Crippen LogP contribution in [0.2, 0.25) is 0 Å². The number of aliphatic carboxylic acids is 2. The number of hydrogen-bond donors (Lipinski definition) is 9. The molecule has 5 atom stereocenters. The molecule has 1 aromatic rings. The van der Waals surface area contributed by atoms with Crippen molar-refractivity contribution in [1.82, 2.24) is 16.0 Å². The van der Waals surface area contributed by atoms with Gasteiger partial charge in [0.15, 0.2) is 0 Å². The number of aromatic hydroxyl groups is 1. The minimum absolute atomic E-state index is 0.0710. The molecule has 14 heteroatoms. The van der Waals surface area contributed by atoms with Gasteiger partial charge in [-0.3, -0.25) is 19.2 Å². The molecule has 0 saturated heterocycles. The summed E-state index contributed by atoms with van der Waals surface area (Å²) in [6.45, 7) is 0.448. The highest BCUT2D eigenvalue weighted by molar-refractivity contribution is 5.95. The molecule has 0 aromatic heterocycles. The zero-order chi connectivity index (χ0) is 26.0. The molecule has 0 fully saturated rings. The summed E-state index contributed by atoms with van der Waals surface area (Å²) in [6.07, 6.45) is -2.59. The third kappa shape index (κ3) is 9.01. The summed E-state index contributed by atoms with van der Waals surface area (Å²) in [5, 5.41) is 52.9. The fourth-order valence-electron chi connectivity index (χ4n) is 2.73. The number of aliphatic hydroxyl groups excluding tert-OH is 2. The van der Waals surface area contributed by atoms with Gasteiger partial charge in [-0.2, -0.15) is 0 Å². The SMILES string of the molecule is CC(O)C(NC(=O)C(N)CO)C(=O)NC(Cc1ccc(O)cc1)C(=O)NC(CC(=O)O)C(=O)O. The van der Waals surface area contributed by atoms with Crippen molar-refractivity contribution in [3.8, 4) is 5.75 Å². The summed E-state index contributed by atoms with van der Waals surface area (Å²) >= 11 is 0. The molecular formula is C20H28N4O10. The van der Waals surface area contributed by atoms with Crippen LogP contribution < -0.4 is 21.7 Å². The Morgan fingerprint density at radius 3 is 1.94 bits per heavy atom. The largest absolute Gasteiger partial charge is 0.508 e. The summed E-state index contributed by atoms with van der Waals surface area (Å²) in [4.78, 5) is 59.7. The number of nitrogens with one attached hydrogen (secondary N) is 3. The van der Waals surface area contributed by atoms with Gasteiger partial charge in [0.1, 0.15) is 29.9 Å². The number of carboxylic acid groups (broad SMARTS) is 2. The van der Waals surface area contributed by atoms with Crippen molar-refractivity contribution in [2.24, 2.45) is 5.73 Å². The van der Waals surface area contributed by atoms with Gasteiger partial charge in [0.05, 0.1) is 19.1 Å². The molecule has 34 heavy (non-hydrogen) atoms. The number of carbonyl (C=O) groups is 5. The molecule has 0 saturated carbocycles. The summed E-state index contributed by atoms with van der Waals surface area (Å²) in [5.41, 5.74) is 5.82. The Balaban J connectivity index is 3.14. The maximum atomic E-state index is 12.8. The first kappa shape index (κ1) is 28.3. The lowest BCUT2D eigenvalue weighted by Crippen LogP contribution is -2.60. The Morgan fingerprint density at radius 1 is 0.912 bits per heavy atom. The van der Waals surface area contributed by atoms with Crippen molar-refractivity contribution >= 4 is 29.7 Å². The number of carbonyl (C=O) groups excluding carboxylic acids is 3. The van der Waals surface area contributed by atoms with E-state index in [9.17, 15) is 39.3 Å². The van der Waals surface area contributed by atoms with Gasteiger partial charge in [-0.05, 0) is 24.6 Å². The molecule has 0 aliphatic carbocycles. The van der Waals surface area contributed by atoms with E-state index in [0.29, 0.717) is 5.56 Å². The van der Waals surface area contributed by atoms with Crippen LogP contribution in [0.3, 0.4) is 0 Å². The van der Waals surface area contributed by atoms with Crippen LogP contribution in [0.1, 0.15) is 18.9 Å². The molecule has 1 rings (SSSR count). The Morgan fingerprint density at radius 2 is 1.47 bits per heavy atom. The number of nitrogens with two attached hydrogens (primary N) is 1.